The van der Waals surface area contributed by atoms with Crippen molar-refractivity contribution in [3.8, 4) is 0 Å². The first-order chi connectivity index (χ1) is 6.47. The standard InChI is InChI=1S/C10H14N2OS/c1-7(13)8-5-6-11-9(12-8)10(2,3)14-4/h5-6H,1-4H3. The molecular weight excluding hydrogens is 196 g/mol. The predicted molar refractivity (Wildman–Crippen MR) is 58.6 cm³/mol. The monoisotopic (exact) mass is 210 g/mol. The van der Waals surface area contributed by atoms with Crippen molar-refractivity contribution >= 4 is 17.5 Å². The minimum atomic E-state index is -0.147. The minimum absolute atomic E-state index is 0.0226. The maximum absolute atomic E-state index is 11.1. The highest BCUT2D eigenvalue weighted by atomic mass is 32.2. The van der Waals surface area contributed by atoms with Crippen LogP contribution < -0.4 is 0 Å². The lowest BCUT2D eigenvalue weighted by atomic mass is 10.2. The van der Waals surface area contributed by atoms with Crippen molar-refractivity contribution in [1.82, 2.24) is 9.97 Å². The number of nitrogens with zero attached hydrogens (tertiary/aromatic N) is 2. The van der Waals surface area contributed by atoms with E-state index in [1.54, 1.807) is 24.0 Å². The van der Waals surface area contributed by atoms with Crippen LogP contribution in [0.15, 0.2) is 12.3 Å². The van der Waals surface area contributed by atoms with Crippen LogP contribution >= 0.6 is 11.8 Å². The number of carbonyl (C=O) groups is 1. The Morgan fingerprint density at radius 1 is 1.50 bits per heavy atom. The number of hydrogen-bond acceptors (Lipinski definition) is 4. The van der Waals surface area contributed by atoms with Crippen molar-refractivity contribution in [2.75, 3.05) is 6.26 Å². The van der Waals surface area contributed by atoms with E-state index in [2.05, 4.69) is 9.97 Å². The Labute approximate surface area is 88.3 Å². The molecule has 1 aromatic rings. The number of ketones is 1. The summed E-state index contributed by atoms with van der Waals surface area (Å²) in [5.41, 5.74) is 0.483. The fourth-order valence-electron chi connectivity index (χ4n) is 0.936. The lowest BCUT2D eigenvalue weighted by Crippen LogP contribution is -2.17. The first-order valence-corrected chi connectivity index (χ1v) is 5.59. The van der Waals surface area contributed by atoms with Crippen LogP contribution in [0.2, 0.25) is 0 Å². The molecule has 0 bridgehead atoms. The van der Waals surface area contributed by atoms with E-state index in [1.165, 1.54) is 6.92 Å². The summed E-state index contributed by atoms with van der Waals surface area (Å²) in [6, 6.07) is 1.64. The SMILES string of the molecule is CSC(C)(C)c1nccc(C(C)=O)n1. The van der Waals surface area contributed by atoms with Crippen LogP contribution in [0.4, 0.5) is 0 Å². The van der Waals surface area contributed by atoms with Gasteiger partial charge in [-0.2, -0.15) is 11.8 Å². The number of carbonyl (C=O) groups excluding carboxylic acids is 1. The summed E-state index contributed by atoms with van der Waals surface area (Å²) >= 11 is 1.66. The molecule has 0 saturated carbocycles. The van der Waals surface area contributed by atoms with Gasteiger partial charge in [0.15, 0.2) is 5.78 Å². The Bertz CT molecular complexity index is 350. The number of aromatic nitrogens is 2. The number of thioether (sulfide) groups is 1. The molecule has 76 valence electrons. The van der Waals surface area contributed by atoms with Gasteiger partial charge in [-0.05, 0) is 26.2 Å². The molecule has 0 aromatic carbocycles. The first-order valence-electron chi connectivity index (χ1n) is 4.37. The molecule has 4 heteroatoms. The molecule has 3 nitrogen and oxygen atoms in total. The molecule has 0 aliphatic carbocycles. The third kappa shape index (κ3) is 2.32. The minimum Gasteiger partial charge on any atom is -0.293 e. The van der Waals surface area contributed by atoms with E-state index in [0.717, 1.165) is 0 Å². The maximum Gasteiger partial charge on any atom is 0.178 e. The molecule has 0 N–H and O–H groups in total. The van der Waals surface area contributed by atoms with Crippen molar-refractivity contribution in [3.05, 3.63) is 23.8 Å². The summed E-state index contributed by atoms with van der Waals surface area (Å²) in [4.78, 5) is 19.5. The van der Waals surface area contributed by atoms with Gasteiger partial charge in [0.1, 0.15) is 11.5 Å². The molecule has 0 saturated heterocycles. The van der Waals surface area contributed by atoms with Crippen LogP contribution in [-0.2, 0) is 4.75 Å². The maximum atomic E-state index is 11.1. The van der Waals surface area contributed by atoms with Gasteiger partial charge in [-0.15, -0.1) is 0 Å². The first kappa shape index (κ1) is 11.2. The van der Waals surface area contributed by atoms with Gasteiger partial charge in [-0.1, -0.05) is 0 Å². The Morgan fingerprint density at radius 3 is 2.64 bits per heavy atom. The molecule has 0 unspecified atom stereocenters. The van der Waals surface area contributed by atoms with Gasteiger partial charge in [-0.25, -0.2) is 9.97 Å². The molecule has 1 aromatic heterocycles. The second kappa shape index (κ2) is 4.09. The van der Waals surface area contributed by atoms with Gasteiger partial charge in [0, 0.05) is 13.1 Å². The predicted octanol–water partition coefficient (Wildman–Crippen LogP) is 2.28. The lowest BCUT2D eigenvalue weighted by molar-refractivity contribution is 0.101. The number of hydrogen-bond donors (Lipinski definition) is 0. The van der Waals surface area contributed by atoms with E-state index < -0.39 is 0 Å². The van der Waals surface area contributed by atoms with Crippen molar-refractivity contribution in [2.45, 2.75) is 25.5 Å². The van der Waals surface area contributed by atoms with Crippen LogP contribution in [0.1, 0.15) is 37.1 Å². The molecule has 0 radical (unpaired) electrons. The smallest absolute Gasteiger partial charge is 0.178 e. The largest absolute Gasteiger partial charge is 0.293 e. The zero-order valence-electron chi connectivity index (χ0n) is 8.87. The van der Waals surface area contributed by atoms with E-state index in [-0.39, 0.29) is 10.5 Å². The number of Topliss-reactive ketones (excluding diaryl/α,β-unsaturated/α-hetero) is 1. The van der Waals surface area contributed by atoms with Crippen molar-refractivity contribution in [1.29, 1.82) is 0 Å². The van der Waals surface area contributed by atoms with Crippen molar-refractivity contribution in [3.63, 3.8) is 0 Å². The lowest BCUT2D eigenvalue weighted by Gasteiger charge is -2.19. The molecule has 0 atom stereocenters. The molecule has 14 heavy (non-hydrogen) atoms. The third-order valence-corrected chi connectivity index (χ3v) is 3.27. The van der Waals surface area contributed by atoms with Crippen molar-refractivity contribution in [2.24, 2.45) is 0 Å². The van der Waals surface area contributed by atoms with Gasteiger partial charge < -0.3 is 0 Å². The van der Waals surface area contributed by atoms with Gasteiger partial charge in [0.25, 0.3) is 0 Å². The van der Waals surface area contributed by atoms with Crippen LogP contribution in [-0.4, -0.2) is 22.0 Å². The van der Waals surface area contributed by atoms with E-state index in [9.17, 15) is 4.79 Å². The molecule has 0 amide bonds. The Morgan fingerprint density at radius 2 is 2.14 bits per heavy atom. The van der Waals surface area contributed by atoms with Crippen molar-refractivity contribution < 1.29 is 4.79 Å². The fraction of sp³-hybridized carbons (Fsp3) is 0.500. The van der Waals surface area contributed by atoms with Gasteiger partial charge >= 0.3 is 0 Å². The zero-order valence-corrected chi connectivity index (χ0v) is 9.68. The molecular formula is C10H14N2OS. The van der Waals surface area contributed by atoms with E-state index in [1.807, 2.05) is 20.1 Å². The Hall–Kier alpha value is -0.900. The second-order valence-electron chi connectivity index (χ2n) is 3.54. The van der Waals surface area contributed by atoms with Crippen LogP contribution in [0.25, 0.3) is 0 Å². The summed E-state index contributed by atoms with van der Waals surface area (Å²) in [5.74, 6) is 0.684. The summed E-state index contributed by atoms with van der Waals surface area (Å²) in [5, 5.41) is 0. The number of rotatable bonds is 3. The Kier molecular flexibility index (Phi) is 3.26. The highest BCUT2D eigenvalue weighted by Crippen LogP contribution is 2.30. The molecule has 0 fully saturated rings. The summed E-state index contributed by atoms with van der Waals surface area (Å²) in [6.07, 6.45) is 3.64. The quantitative estimate of drug-likeness (QED) is 0.718. The highest BCUT2D eigenvalue weighted by molar-refractivity contribution is 7.99. The molecule has 1 rings (SSSR count). The van der Waals surface area contributed by atoms with E-state index in [0.29, 0.717) is 11.5 Å². The summed E-state index contributed by atoms with van der Waals surface area (Å²) < 4.78 is -0.147. The van der Waals surface area contributed by atoms with Crippen LogP contribution in [0.5, 0.6) is 0 Å². The summed E-state index contributed by atoms with van der Waals surface area (Å²) in [7, 11) is 0. The van der Waals surface area contributed by atoms with E-state index >= 15 is 0 Å². The molecule has 1 heterocycles. The fourth-order valence-corrected chi connectivity index (χ4v) is 1.22. The molecule has 0 aliphatic rings. The highest BCUT2D eigenvalue weighted by Gasteiger charge is 2.22. The van der Waals surface area contributed by atoms with Gasteiger partial charge in [0.05, 0.1) is 4.75 Å². The topological polar surface area (TPSA) is 42.9 Å². The average Bonchev–Trinajstić information content (AvgIpc) is 2.18. The molecule has 0 spiro atoms. The van der Waals surface area contributed by atoms with Gasteiger partial charge in [0.2, 0.25) is 0 Å². The zero-order chi connectivity index (χ0) is 10.8. The van der Waals surface area contributed by atoms with Gasteiger partial charge in [-0.3, -0.25) is 4.79 Å². The Balaban J connectivity index is 3.12. The van der Waals surface area contributed by atoms with Crippen LogP contribution in [0.3, 0.4) is 0 Å². The van der Waals surface area contributed by atoms with Crippen LogP contribution in [0, 0.1) is 0 Å². The average molecular weight is 210 g/mol. The van der Waals surface area contributed by atoms with E-state index in [4.69, 9.17) is 0 Å². The molecule has 0 aliphatic heterocycles. The third-order valence-electron chi connectivity index (χ3n) is 2.07. The second-order valence-corrected chi connectivity index (χ2v) is 4.96. The normalized spacial score (nSPS) is 11.4. The summed E-state index contributed by atoms with van der Waals surface area (Å²) in [6.45, 7) is 5.59.